The van der Waals surface area contributed by atoms with Crippen molar-refractivity contribution in [1.82, 2.24) is 20.2 Å². The van der Waals surface area contributed by atoms with Crippen LogP contribution in [0.2, 0.25) is 0 Å². The van der Waals surface area contributed by atoms with Gasteiger partial charge in [0.15, 0.2) is 5.82 Å². The number of hydrogen-bond donors (Lipinski definition) is 0. The number of para-hydroxylation sites is 2. The fraction of sp³-hybridized carbons (Fsp3) is 0.136. The van der Waals surface area contributed by atoms with E-state index in [0.29, 0.717) is 11.5 Å². The third-order valence-corrected chi connectivity index (χ3v) is 4.26. The van der Waals surface area contributed by atoms with Gasteiger partial charge in [-0.3, -0.25) is 0 Å². The molecule has 0 aliphatic rings. The summed E-state index contributed by atoms with van der Waals surface area (Å²) in [5.41, 5.74) is 2.92. The van der Waals surface area contributed by atoms with Gasteiger partial charge in [-0.25, -0.2) is 4.39 Å². The molecule has 0 amide bonds. The normalized spacial score (nSPS) is 11.0. The Morgan fingerprint density at radius 1 is 0.821 bits per heavy atom. The molecule has 0 N–H and O–H groups in total. The summed E-state index contributed by atoms with van der Waals surface area (Å²) < 4.78 is 21.7. The highest BCUT2D eigenvalue weighted by atomic mass is 19.1. The number of tetrazole rings is 1. The number of aromatic nitrogens is 4. The minimum Gasteiger partial charge on any atom is -0.490 e. The van der Waals surface area contributed by atoms with E-state index in [1.807, 2.05) is 62.4 Å². The second kappa shape index (κ2) is 7.60. The lowest BCUT2D eigenvalue weighted by Crippen LogP contribution is -2.07. The molecule has 1 aromatic heterocycles. The summed E-state index contributed by atoms with van der Waals surface area (Å²) in [6, 6.07) is 22.0. The smallest absolute Gasteiger partial charge is 0.187 e. The number of rotatable bonds is 5. The van der Waals surface area contributed by atoms with E-state index in [2.05, 4.69) is 15.5 Å². The second-order valence-corrected chi connectivity index (χ2v) is 6.57. The zero-order valence-corrected chi connectivity index (χ0v) is 15.6. The highest BCUT2D eigenvalue weighted by Crippen LogP contribution is 2.37. The van der Waals surface area contributed by atoms with Crippen molar-refractivity contribution in [2.24, 2.45) is 0 Å². The molecule has 0 bridgehead atoms. The highest BCUT2D eigenvalue weighted by molar-refractivity contribution is 5.84. The molecule has 28 heavy (non-hydrogen) atoms. The Morgan fingerprint density at radius 2 is 1.46 bits per heavy atom. The van der Waals surface area contributed by atoms with Gasteiger partial charge in [-0.1, -0.05) is 54.6 Å². The molecular formula is C22H19FN4O. The molecule has 0 unspecified atom stereocenters. The van der Waals surface area contributed by atoms with Crippen LogP contribution in [0.4, 0.5) is 4.39 Å². The van der Waals surface area contributed by atoms with E-state index in [0.717, 1.165) is 22.4 Å². The fourth-order valence-corrected chi connectivity index (χ4v) is 3.10. The predicted octanol–water partition coefficient (Wildman–Crippen LogP) is 4.92. The van der Waals surface area contributed by atoms with E-state index in [4.69, 9.17) is 4.74 Å². The Kier molecular flexibility index (Phi) is 4.85. The first-order valence-corrected chi connectivity index (χ1v) is 9.04. The van der Waals surface area contributed by atoms with Crippen LogP contribution in [0, 0.1) is 5.82 Å². The Morgan fingerprint density at radius 3 is 2.21 bits per heavy atom. The quantitative estimate of drug-likeness (QED) is 0.497. The SMILES string of the molecule is CC(C)Oc1ccccc1-c1ccccc1-c1nnnn1-c1ccccc1F. The van der Waals surface area contributed by atoms with Gasteiger partial charge < -0.3 is 4.74 Å². The first-order chi connectivity index (χ1) is 13.6. The van der Waals surface area contributed by atoms with Crippen LogP contribution in [-0.2, 0) is 0 Å². The number of halogens is 1. The topological polar surface area (TPSA) is 52.8 Å². The lowest BCUT2D eigenvalue weighted by Gasteiger charge is -2.16. The zero-order valence-electron chi connectivity index (χ0n) is 15.6. The van der Waals surface area contributed by atoms with E-state index in [-0.39, 0.29) is 6.10 Å². The molecule has 5 nitrogen and oxygen atoms in total. The number of benzene rings is 3. The summed E-state index contributed by atoms with van der Waals surface area (Å²) in [5, 5.41) is 12.0. The minimum atomic E-state index is -0.392. The Hall–Kier alpha value is -3.54. The molecule has 6 heteroatoms. The second-order valence-electron chi connectivity index (χ2n) is 6.57. The Bertz CT molecular complexity index is 1110. The summed E-state index contributed by atoms with van der Waals surface area (Å²) >= 11 is 0. The molecule has 0 aliphatic carbocycles. The molecule has 4 aromatic rings. The van der Waals surface area contributed by atoms with Crippen LogP contribution >= 0.6 is 0 Å². The van der Waals surface area contributed by atoms with E-state index in [9.17, 15) is 4.39 Å². The van der Waals surface area contributed by atoms with Crippen molar-refractivity contribution in [3.63, 3.8) is 0 Å². The molecule has 3 aromatic carbocycles. The third kappa shape index (κ3) is 3.36. The van der Waals surface area contributed by atoms with E-state index < -0.39 is 5.82 Å². The molecule has 1 heterocycles. The molecule has 0 aliphatic heterocycles. The van der Waals surface area contributed by atoms with E-state index in [1.165, 1.54) is 10.7 Å². The van der Waals surface area contributed by atoms with Gasteiger partial charge >= 0.3 is 0 Å². The zero-order chi connectivity index (χ0) is 19.5. The first kappa shape index (κ1) is 17.9. The maximum absolute atomic E-state index is 14.3. The summed E-state index contributed by atoms with van der Waals surface area (Å²) in [6.07, 6.45) is 0.0389. The van der Waals surface area contributed by atoms with Crippen LogP contribution in [-0.4, -0.2) is 26.3 Å². The molecule has 0 saturated carbocycles. The summed E-state index contributed by atoms with van der Waals surface area (Å²) in [5.74, 6) is 0.840. The average Bonchev–Trinajstić information content (AvgIpc) is 3.18. The van der Waals surface area contributed by atoms with Crippen molar-refractivity contribution in [2.75, 3.05) is 0 Å². The number of ether oxygens (including phenoxy) is 1. The number of nitrogens with zero attached hydrogens (tertiary/aromatic N) is 4. The van der Waals surface area contributed by atoms with Crippen molar-refractivity contribution in [2.45, 2.75) is 20.0 Å². The molecule has 0 atom stereocenters. The van der Waals surface area contributed by atoms with Crippen LogP contribution in [0.1, 0.15) is 13.8 Å². The maximum Gasteiger partial charge on any atom is 0.187 e. The van der Waals surface area contributed by atoms with Crippen molar-refractivity contribution < 1.29 is 9.13 Å². The van der Waals surface area contributed by atoms with Crippen LogP contribution in [0.3, 0.4) is 0 Å². The molecule has 0 spiro atoms. The largest absolute Gasteiger partial charge is 0.490 e. The molecular weight excluding hydrogens is 355 g/mol. The summed E-state index contributed by atoms with van der Waals surface area (Å²) in [6.45, 7) is 3.98. The van der Waals surface area contributed by atoms with Crippen LogP contribution in [0.25, 0.3) is 28.2 Å². The summed E-state index contributed by atoms with van der Waals surface area (Å²) in [7, 11) is 0. The lowest BCUT2D eigenvalue weighted by molar-refractivity contribution is 0.243. The molecule has 0 fully saturated rings. The molecule has 4 rings (SSSR count). The standard InChI is InChI=1S/C22H19FN4O/c1-15(2)28-21-14-8-5-10-17(21)16-9-3-4-11-18(16)22-24-25-26-27(22)20-13-7-6-12-19(20)23/h3-15H,1-2H3. The Balaban J connectivity index is 1.89. The fourth-order valence-electron chi connectivity index (χ4n) is 3.10. The molecule has 140 valence electrons. The van der Waals surface area contributed by atoms with Gasteiger partial charge in [0.25, 0.3) is 0 Å². The van der Waals surface area contributed by atoms with Gasteiger partial charge in [0.2, 0.25) is 0 Å². The molecule has 0 saturated heterocycles. The molecule has 0 radical (unpaired) electrons. The van der Waals surface area contributed by atoms with Crippen molar-refractivity contribution in [1.29, 1.82) is 0 Å². The van der Waals surface area contributed by atoms with Gasteiger partial charge in [-0.15, -0.1) is 5.10 Å². The summed E-state index contributed by atoms with van der Waals surface area (Å²) in [4.78, 5) is 0. The van der Waals surface area contributed by atoms with Crippen molar-refractivity contribution in [3.05, 3.63) is 78.6 Å². The van der Waals surface area contributed by atoms with Gasteiger partial charge in [0, 0.05) is 11.1 Å². The van der Waals surface area contributed by atoms with Gasteiger partial charge in [0.1, 0.15) is 17.3 Å². The maximum atomic E-state index is 14.3. The van der Waals surface area contributed by atoms with Crippen LogP contribution < -0.4 is 4.74 Å². The predicted molar refractivity (Wildman–Crippen MR) is 106 cm³/mol. The van der Waals surface area contributed by atoms with Crippen molar-refractivity contribution >= 4 is 0 Å². The van der Waals surface area contributed by atoms with Gasteiger partial charge in [-0.2, -0.15) is 4.68 Å². The monoisotopic (exact) mass is 374 g/mol. The van der Waals surface area contributed by atoms with E-state index in [1.54, 1.807) is 18.2 Å². The highest BCUT2D eigenvalue weighted by Gasteiger charge is 2.19. The van der Waals surface area contributed by atoms with Crippen molar-refractivity contribution in [3.8, 4) is 34.0 Å². The van der Waals surface area contributed by atoms with Gasteiger partial charge in [0.05, 0.1) is 6.10 Å². The van der Waals surface area contributed by atoms with Crippen LogP contribution in [0.5, 0.6) is 5.75 Å². The lowest BCUT2D eigenvalue weighted by atomic mass is 9.98. The van der Waals surface area contributed by atoms with E-state index >= 15 is 0 Å². The van der Waals surface area contributed by atoms with Crippen LogP contribution in [0.15, 0.2) is 72.8 Å². The first-order valence-electron chi connectivity index (χ1n) is 9.04. The third-order valence-electron chi connectivity index (χ3n) is 4.26. The number of hydrogen-bond acceptors (Lipinski definition) is 4. The average molecular weight is 374 g/mol. The Labute approximate surface area is 162 Å². The minimum absolute atomic E-state index is 0.0389. The van der Waals surface area contributed by atoms with Gasteiger partial charge in [-0.05, 0) is 48.0 Å².